The first kappa shape index (κ1) is 26.6. The number of anilines is 1. The van der Waals surface area contributed by atoms with E-state index in [9.17, 15) is 9.59 Å². The minimum atomic E-state index is -0.174. The van der Waals surface area contributed by atoms with Gasteiger partial charge in [0.2, 0.25) is 5.91 Å². The molecule has 0 saturated carbocycles. The molecule has 1 aromatic heterocycles. The highest BCUT2D eigenvalue weighted by molar-refractivity contribution is 5.99. The van der Waals surface area contributed by atoms with Gasteiger partial charge in [-0.15, -0.1) is 0 Å². The number of carbonyl (C=O) groups is 2. The van der Waals surface area contributed by atoms with Crippen LogP contribution in [0.15, 0.2) is 36.9 Å². The average molecular weight is 484 g/mol. The predicted octanol–water partition coefficient (Wildman–Crippen LogP) is 3.22. The number of hydrogen-bond donors (Lipinski definition) is 1. The van der Waals surface area contributed by atoms with Gasteiger partial charge in [-0.3, -0.25) is 14.5 Å². The molecule has 35 heavy (non-hydrogen) atoms. The third-order valence-corrected chi connectivity index (χ3v) is 6.33. The molecule has 2 heterocycles. The zero-order valence-electron chi connectivity index (χ0n) is 21.4. The van der Waals surface area contributed by atoms with E-state index < -0.39 is 0 Å². The number of fused-ring (bicyclic) bond motifs is 1. The van der Waals surface area contributed by atoms with Crippen molar-refractivity contribution < 1.29 is 19.1 Å². The van der Waals surface area contributed by atoms with Crippen LogP contribution in [-0.4, -0.2) is 77.6 Å². The first-order valence-corrected chi connectivity index (χ1v) is 12.1. The number of amides is 2. The van der Waals surface area contributed by atoms with Crippen molar-refractivity contribution in [3.05, 3.63) is 48.0 Å². The minimum absolute atomic E-state index is 0.0548. The Morgan fingerprint density at radius 3 is 2.66 bits per heavy atom. The van der Waals surface area contributed by atoms with Crippen molar-refractivity contribution >= 4 is 17.5 Å². The van der Waals surface area contributed by atoms with Crippen molar-refractivity contribution in [2.75, 3.05) is 39.2 Å². The summed E-state index contributed by atoms with van der Waals surface area (Å²) in [5.41, 5.74) is 2.02. The van der Waals surface area contributed by atoms with Gasteiger partial charge in [-0.05, 0) is 37.5 Å². The zero-order valence-corrected chi connectivity index (χ0v) is 21.4. The lowest BCUT2D eigenvalue weighted by molar-refractivity contribution is -0.116. The second-order valence-corrected chi connectivity index (χ2v) is 9.28. The van der Waals surface area contributed by atoms with E-state index >= 15 is 0 Å². The highest BCUT2D eigenvalue weighted by Crippen LogP contribution is 2.27. The van der Waals surface area contributed by atoms with E-state index in [2.05, 4.69) is 34.0 Å². The van der Waals surface area contributed by atoms with Gasteiger partial charge < -0.3 is 19.7 Å². The lowest BCUT2D eigenvalue weighted by Crippen LogP contribution is -2.46. The topological polar surface area (TPSA) is 96.9 Å². The van der Waals surface area contributed by atoms with Crippen LogP contribution >= 0.6 is 0 Å². The molecule has 1 aliphatic rings. The van der Waals surface area contributed by atoms with E-state index in [-0.39, 0.29) is 29.9 Å². The summed E-state index contributed by atoms with van der Waals surface area (Å²) in [6.45, 7) is 8.45. The van der Waals surface area contributed by atoms with Gasteiger partial charge in [-0.1, -0.05) is 13.8 Å². The predicted molar refractivity (Wildman–Crippen MR) is 134 cm³/mol. The number of benzene rings is 1. The highest BCUT2D eigenvalue weighted by Gasteiger charge is 2.28. The van der Waals surface area contributed by atoms with Crippen LogP contribution in [0.2, 0.25) is 0 Å². The van der Waals surface area contributed by atoms with Crippen molar-refractivity contribution in [3.8, 4) is 5.75 Å². The Morgan fingerprint density at radius 2 is 1.97 bits per heavy atom. The normalized spacial score (nSPS) is 21.9. The maximum Gasteiger partial charge on any atom is 0.257 e. The number of aromatic nitrogens is 2. The molecule has 1 aliphatic heterocycles. The number of ether oxygens (including phenoxy) is 2. The summed E-state index contributed by atoms with van der Waals surface area (Å²) in [5, 5.41) is 2.87. The molecule has 0 bridgehead atoms. The number of nitrogens with one attached hydrogen (secondary N) is 1. The molecular weight excluding hydrogens is 446 g/mol. The second kappa shape index (κ2) is 12.6. The molecule has 0 fully saturated rings. The van der Waals surface area contributed by atoms with Crippen molar-refractivity contribution in [1.82, 2.24) is 19.8 Å². The van der Waals surface area contributed by atoms with Crippen LogP contribution in [0.5, 0.6) is 5.75 Å². The second-order valence-electron chi connectivity index (χ2n) is 9.28. The first-order chi connectivity index (χ1) is 16.8. The number of rotatable bonds is 6. The smallest absolute Gasteiger partial charge is 0.257 e. The van der Waals surface area contributed by atoms with Gasteiger partial charge in [-0.2, -0.15) is 0 Å². The molecular formula is C26H37N5O4. The number of carbonyl (C=O) groups excluding carboxylic acids is 2. The molecule has 9 nitrogen and oxygen atoms in total. The summed E-state index contributed by atoms with van der Waals surface area (Å²) >= 11 is 0. The Hall–Kier alpha value is -3.04. The first-order valence-electron chi connectivity index (χ1n) is 12.1. The number of nitrogens with zero attached hydrogens (tertiary/aromatic N) is 4. The van der Waals surface area contributed by atoms with Gasteiger partial charge in [0.25, 0.3) is 5.91 Å². The Kier molecular flexibility index (Phi) is 9.56. The molecule has 1 N–H and O–H groups in total. The molecule has 3 atom stereocenters. The van der Waals surface area contributed by atoms with Crippen molar-refractivity contribution in [2.45, 2.75) is 52.3 Å². The van der Waals surface area contributed by atoms with Crippen molar-refractivity contribution in [2.24, 2.45) is 5.92 Å². The van der Waals surface area contributed by atoms with Gasteiger partial charge in [0, 0.05) is 69.9 Å². The monoisotopic (exact) mass is 483 g/mol. The number of methoxy groups -OCH3 is 1. The Balaban J connectivity index is 1.92. The molecule has 0 aliphatic carbocycles. The standard InChI is InChI=1S/C26H37N5O4/c1-6-7-25(32)29-21-8-9-23-22(10-21)26(33)30(4)15-24(34-5)18(2)13-31(19(3)16-35-23)14-20-11-27-17-28-12-20/h8-12,17-19,24H,6-7,13-16H2,1-5H3,(H,29,32)/t18-,19+,24+/m1/s1. The van der Waals surface area contributed by atoms with Crippen LogP contribution in [-0.2, 0) is 16.1 Å². The van der Waals surface area contributed by atoms with Gasteiger partial charge >= 0.3 is 0 Å². The van der Waals surface area contributed by atoms with Crippen LogP contribution in [0.3, 0.4) is 0 Å². The molecule has 1 aromatic carbocycles. The molecule has 190 valence electrons. The van der Waals surface area contributed by atoms with E-state index in [1.54, 1.807) is 37.3 Å². The van der Waals surface area contributed by atoms with Crippen molar-refractivity contribution in [1.29, 1.82) is 0 Å². The molecule has 0 radical (unpaired) electrons. The van der Waals surface area contributed by atoms with Crippen LogP contribution in [0.4, 0.5) is 5.69 Å². The molecule has 0 spiro atoms. The van der Waals surface area contributed by atoms with E-state index in [0.717, 1.165) is 18.5 Å². The Morgan fingerprint density at radius 1 is 1.23 bits per heavy atom. The molecule has 2 amide bonds. The average Bonchev–Trinajstić information content (AvgIpc) is 2.85. The Labute approximate surface area is 207 Å². The maximum atomic E-state index is 13.4. The van der Waals surface area contributed by atoms with E-state index in [1.807, 2.05) is 19.3 Å². The molecule has 2 aromatic rings. The fraction of sp³-hybridized carbons (Fsp3) is 0.538. The van der Waals surface area contributed by atoms with Gasteiger partial charge in [0.15, 0.2) is 0 Å². The zero-order chi connectivity index (χ0) is 25.4. The van der Waals surface area contributed by atoms with Crippen LogP contribution in [0, 0.1) is 5.92 Å². The van der Waals surface area contributed by atoms with Gasteiger partial charge in [0.05, 0.1) is 11.7 Å². The van der Waals surface area contributed by atoms with E-state index in [1.165, 1.54) is 6.33 Å². The van der Waals surface area contributed by atoms with Crippen molar-refractivity contribution in [3.63, 3.8) is 0 Å². The lowest BCUT2D eigenvalue weighted by Gasteiger charge is -2.36. The molecule has 0 saturated heterocycles. The quantitative estimate of drug-likeness (QED) is 0.674. The summed E-state index contributed by atoms with van der Waals surface area (Å²) in [6, 6.07) is 5.28. The number of hydrogen-bond acceptors (Lipinski definition) is 7. The highest BCUT2D eigenvalue weighted by atomic mass is 16.5. The lowest BCUT2D eigenvalue weighted by atomic mass is 10.0. The largest absolute Gasteiger partial charge is 0.491 e. The molecule has 9 heteroatoms. The Bertz CT molecular complexity index is 987. The molecule has 3 rings (SSSR count). The summed E-state index contributed by atoms with van der Waals surface area (Å²) in [6.07, 6.45) is 6.20. The number of likely N-dealkylation sites (N-methyl/N-ethyl adjacent to an activating group) is 1. The summed E-state index contributed by atoms with van der Waals surface area (Å²) in [7, 11) is 3.45. The van der Waals surface area contributed by atoms with Crippen LogP contribution in [0.1, 0.15) is 49.5 Å². The van der Waals surface area contributed by atoms with Crippen LogP contribution < -0.4 is 10.1 Å². The fourth-order valence-corrected chi connectivity index (χ4v) is 4.25. The third kappa shape index (κ3) is 7.22. The minimum Gasteiger partial charge on any atom is -0.491 e. The fourth-order valence-electron chi connectivity index (χ4n) is 4.25. The van der Waals surface area contributed by atoms with E-state index in [0.29, 0.717) is 43.1 Å². The SMILES string of the molecule is CCCC(=O)Nc1ccc2c(c1)C(=O)N(C)C[C@H](OC)[C@H](C)CN(Cc1cncnc1)[C@@H](C)CO2. The summed E-state index contributed by atoms with van der Waals surface area (Å²) < 4.78 is 12.0. The molecule has 0 unspecified atom stereocenters. The maximum absolute atomic E-state index is 13.4. The van der Waals surface area contributed by atoms with Gasteiger partial charge in [0.1, 0.15) is 18.7 Å². The summed E-state index contributed by atoms with van der Waals surface area (Å²) in [5.74, 6) is 0.394. The van der Waals surface area contributed by atoms with Gasteiger partial charge in [-0.25, -0.2) is 9.97 Å². The van der Waals surface area contributed by atoms with Crippen LogP contribution in [0.25, 0.3) is 0 Å². The third-order valence-electron chi connectivity index (χ3n) is 6.33. The van der Waals surface area contributed by atoms with E-state index in [4.69, 9.17) is 9.47 Å². The summed E-state index contributed by atoms with van der Waals surface area (Å²) in [4.78, 5) is 37.8.